The fourth-order valence-corrected chi connectivity index (χ4v) is 4.16. The van der Waals surface area contributed by atoms with Crippen LogP contribution < -0.4 is 0 Å². The van der Waals surface area contributed by atoms with Gasteiger partial charge in [-0.05, 0) is 0 Å². The maximum absolute atomic E-state index is 13.6. The molecule has 3 aromatic rings. The van der Waals surface area contributed by atoms with Crippen LogP contribution in [0.15, 0.2) is 91.0 Å². The molecule has 0 amide bonds. The largest absolute Gasteiger partial charge is 0.382 e. The molecule has 0 spiro atoms. The number of Topliss-reactive ketones (excluding diaryl/α,β-unsaturated/α-hetero) is 3. The number of hydrogen-bond acceptors (Lipinski definition) is 8. The van der Waals surface area contributed by atoms with E-state index in [1.165, 1.54) is 60.7 Å². The lowest BCUT2D eigenvalue weighted by Crippen LogP contribution is -2.69. The van der Waals surface area contributed by atoms with Crippen molar-refractivity contribution in [1.82, 2.24) is 0 Å². The Balaban J connectivity index is 1.86. The molecule has 1 unspecified atom stereocenters. The minimum atomic E-state index is -3.23. The van der Waals surface area contributed by atoms with Crippen molar-refractivity contribution in [2.45, 2.75) is 29.7 Å². The molecule has 0 aliphatic carbocycles. The summed E-state index contributed by atoms with van der Waals surface area (Å²) in [6, 6.07) is 22.0. The predicted octanol–water partition coefficient (Wildman–Crippen LogP) is 1.18. The van der Waals surface area contributed by atoms with Gasteiger partial charge in [-0.3, -0.25) is 14.4 Å². The van der Waals surface area contributed by atoms with Crippen LogP contribution in [0.4, 0.5) is 0 Å². The summed E-state index contributed by atoms with van der Waals surface area (Å²) >= 11 is 0. The lowest BCUT2D eigenvalue weighted by Gasteiger charge is -2.38. The van der Waals surface area contributed by atoms with Crippen molar-refractivity contribution in [2.24, 2.45) is 0 Å². The maximum atomic E-state index is 13.6. The SMILES string of the molecule is O=C(c1ccccc1)C(O)[C@H]1O[C@@H](O)[C@@](O)(C(=O)c2ccccc2)[C@@]1(O)C(=O)c1ccccc1. The summed E-state index contributed by atoms with van der Waals surface area (Å²) in [5.74, 6) is -3.36. The third-order valence-corrected chi connectivity index (χ3v) is 6.00. The zero-order valence-corrected chi connectivity index (χ0v) is 17.8. The molecule has 34 heavy (non-hydrogen) atoms. The van der Waals surface area contributed by atoms with E-state index >= 15 is 0 Å². The second kappa shape index (κ2) is 9.02. The number of aliphatic hydroxyl groups is 4. The van der Waals surface area contributed by atoms with Gasteiger partial charge in [-0.25, -0.2) is 0 Å². The number of carbonyl (C=O) groups excluding carboxylic acids is 3. The van der Waals surface area contributed by atoms with Gasteiger partial charge in [0.1, 0.15) is 12.2 Å². The van der Waals surface area contributed by atoms with Crippen molar-refractivity contribution in [2.75, 3.05) is 0 Å². The van der Waals surface area contributed by atoms with Crippen molar-refractivity contribution < 1.29 is 39.5 Å². The molecule has 0 bridgehead atoms. The maximum Gasteiger partial charge on any atom is 0.217 e. The third-order valence-electron chi connectivity index (χ3n) is 6.00. The molecule has 4 rings (SSSR count). The summed E-state index contributed by atoms with van der Waals surface area (Å²) in [5, 5.41) is 44.8. The Hall–Kier alpha value is -3.53. The number of ether oxygens (including phenoxy) is 1. The summed E-state index contributed by atoms with van der Waals surface area (Å²) in [5.41, 5.74) is -6.68. The summed E-state index contributed by atoms with van der Waals surface area (Å²) in [7, 11) is 0. The van der Waals surface area contributed by atoms with Gasteiger partial charge in [0.15, 0.2) is 17.7 Å². The molecule has 1 aliphatic rings. The van der Waals surface area contributed by atoms with E-state index in [4.69, 9.17) is 4.74 Å². The van der Waals surface area contributed by atoms with Crippen LogP contribution in [0, 0.1) is 0 Å². The molecule has 174 valence electrons. The van der Waals surface area contributed by atoms with E-state index < -0.39 is 47.0 Å². The average molecular weight is 462 g/mol. The molecule has 8 heteroatoms. The first kappa shape index (κ1) is 23.6. The second-order valence-corrected chi connectivity index (χ2v) is 8.01. The highest BCUT2D eigenvalue weighted by Crippen LogP contribution is 2.45. The van der Waals surface area contributed by atoms with E-state index in [1.807, 2.05) is 0 Å². The van der Waals surface area contributed by atoms with E-state index in [9.17, 15) is 34.8 Å². The van der Waals surface area contributed by atoms with Crippen molar-refractivity contribution in [3.63, 3.8) is 0 Å². The highest BCUT2D eigenvalue weighted by molar-refractivity contribution is 6.14. The Labute approximate surface area is 194 Å². The monoisotopic (exact) mass is 462 g/mol. The first-order chi connectivity index (χ1) is 16.2. The zero-order valence-electron chi connectivity index (χ0n) is 17.8. The molecule has 1 saturated heterocycles. The van der Waals surface area contributed by atoms with Crippen LogP contribution in [0.3, 0.4) is 0 Å². The molecule has 1 fully saturated rings. The number of benzene rings is 3. The minimum Gasteiger partial charge on any atom is -0.382 e. The lowest BCUT2D eigenvalue weighted by atomic mass is 9.70. The number of carbonyl (C=O) groups is 3. The summed E-state index contributed by atoms with van der Waals surface area (Å²) in [6.45, 7) is 0. The summed E-state index contributed by atoms with van der Waals surface area (Å²) in [4.78, 5) is 39.9. The Morgan fingerprint density at radius 3 is 1.50 bits per heavy atom. The van der Waals surface area contributed by atoms with Gasteiger partial charge in [0.2, 0.25) is 17.2 Å². The molecule has 1 heterocycles. The third kappa shape index (κ3) is 3.58. The van der Waals surface area contributed by atoms with Gasteiger partial charge < -0.3 is 25.2 Å². The highest BCUT2D eigenvalue weighted by Gasteiger charge is 2.75. The predicted molar refractivity (Wildman–Crippen MR) is 119 cm³/mol. The van der Waals surface area contributed by atoms with Gasteiger partial charge in [0.05, 0.1) is 0 Å². The van der Waals surface area contributed by atoms with Crippen molar-refractivity contribution >= 4 is 17.3 Å². The molecular formula is C26H22O8. The Bertz CT molecular complexity index is 1200. The van der Waals surface area contributed by atoms with Gasteiger partial charge in [-0.1, -0.05) is 91.0 Å². The van der Waals surface area contributed by atoms with Crippen LogP contribution in [-0.2, 0) is 4.74 Å². The fourth-order valence-electron chi connectivity index (χ4n) is 4.16. The van der Waals surface area contributed by atoms with Crippen LogP contribution in [0.2, 0.25) is 0 Å². The first-order valence-electron chi connectivity index (χ1n) is 10.5. The fraction of sp³-hybridized carbons (Fsp3) is 0.192. The van der Waals surface area contributed by atoms with Crippen LogP contribution in [0.5, 0.6) is 0 Å². The van der Waals surface area contributed by atoms with E-state index in [0.29, 0.717) is 0 Å². The minimum absolute atomic E-state index is 0.0347. The van der Waals surface area contributed by atoms with Crippen molar-refractivity contribution in [3.8, 4) is 0 Å². The van der Waals surface area contributed by atoms with Gasteiger partial charge in [-0.2, -0.15) is 0 Å². The van der Waals surface area contributed by atoms with Gasteiger partial charge in [-0.15, -0.1) is 0 Å². The molecular weight excluding hydrogens is 440 g/mol. The Morgan fingerprint density at radius 1 is 0.676 bits per heavy atom. The lowest BCUT2D eigenvalue weighted by molar-refractivity contribution is -0.163. The van der Waals surface area contributed by atoms with E-state index in [0.717, 1.165) is 0 Å². The molecule has 3 aromatic carbocycles. The molecule has 4 N–H and O–H groups in total. The number of rotatable bonds is 7. The number of hydrogen-bond donors (Lipinski definition) is 4. The summed E-state index contributed by atoms with van der Waals surface area (Å²) in [6.07, 6.45) is -6.80. The Kier molecular flexibility index (Phi) is 6.26. The van der Waals surface area contributed by atoms with E-state index in [2.05, 4.69) is 0 Å². The first-order valence-corrected chi connectivity index (χ1v) is 10.5. The van der Waals surface area contributed by atoms with Gasteiger partial charge >= 0.3 is 0 Å². The quantitative estimate of drug-likeness (QED) is 0.384. The standard InChI is InChI=1S/C26H22O8/c27-19(16-10-4-1-5-11-16)20(28)23-25(32,21(29)17-12-6-2-7-13-17)26(33,24(31)34-23)22(30)18-14-8-3-9-15-18/h1-15,20,23-24,28,31-33H/t20?,23-,24-,25-,26+/m1/s1. The van der Waals surface area contributed by atoms with Crippen LogP contribution in [0.25, 0.3) is 0 Å². The molecule has 0 aromatic heterocycles. The van der Waals surface area contributed by atoms with Crippen molar-refractivity contribution in [3.05, 3.63) is 108 Å². The molecule has 0 radical (unpaired) electrons. The number of ketones is 3. The topological polar surface area (TPSA) is 141 Å². The second-order valence-electron chi connectivity index (χ2n) is 8.01. The summed E-state index contributed by atoms with van der Waals surface area (Å²) < 4.78 is 5.23. The van der Waals surface area contributed by atoms with Crippen LogP contribution >= 0.6 is 0 Å². The average Bonchev–Trinajstić information content (AvgIpc) is 3.10. The van der Waals surface area contributed by atoms with E-state index in [1.54, 1.807) is 30.3 Å². The van der Waals surface area contributed by atoms with Crippen LogP contribution in [-0.4, -0.2) is 67.5 Å². The van der Waals surface area contributed by atoms with E-state index in [-0.39, 0.29) is 16.7 Å². The zero-order chi connectivity index (χ0) is 24.5. The molecule has 5 atom stereocenters. The Morgan fingerprint density at radius 2 is 1.06 bits per heavy atom. The molecule has 0 saturated carbocycles. The van der Waals surface area contributed by atoms with Gasteiger partial charge in [0.25, 0.3) is 0 Å². The smallest absolute Gasteiger partial charge is 0.217 e. The molecule has 1 aliphatic heterocycles. The number of aliphatic hydroxyl groups excluding tert-OH is 2. The normalized spacial score (nSPS) is 27.2. The molecule has 8 nitrogen and oxygen atoms in total. The highest BCUT2D eigenvalue weighted by atomic mass is 16.7. The van der Waals surface area contributed by atoms with Crippen molar-refractivity contribution in [1.29, 1.82) is 0 Å². The van der Waals surface area contributed by atoms with Crippen LogP contribution in [0.1, 0.15) is 31.1 Å². The van der Waals surface area contributed by atoms with Gasteiger partial charge in [0, 0.05) is 16.7 Å².